The maximum absolute atomic E-state index is 13.1. The number of piperidine rings is 1. The quantitative estimate of drug-likeness (QED) is 0.367. The van der Waals surface area contributed by atoms with Gasteiger partial charge >= 0.3 is 0 Å². The topological polar surface area (TPSA) is 82.5 Å². The fraction of sp³-hybridized carbons (Fsp3) is 0.214. The number of aromatic nitrogens is 1. The molecule has 0 saturated carbocycles. The van der Waals surface area contributed by atoms with Crippen LogP contribution in [-0.2, 0) is 16.6 Å². The average Bonchev–Trinajstić information content (AvgIpc) is 2.88. The second-order valence-electron chi connectivity index (χ2n) is 9.09. The second-order valence-corrected chi connectivity index (χ2v) is 10.7. The lowest BCUT2D eigenvalue weighted by atomic mass is 9.84. The van der Waals surface area contributed by atoms with Crippen LogP contribution in [0.4, 0.5) is 5.69 Å². The second kappa shape index (κ2) is 10.0. The summed E-state index contributed by atoms with van der Waals surface area (Å²) in [4.78, 5) is 19.8. The summed E-state index contributed by atoms with van der Waals surface area (Å²) in [7, 11) is -1.51. The number of pyridine rings is 1. The normalized spacial score (nSPS) is 16.0. The number of likely N-dealkylation sites (tertiary alicyclic amines) is 1. The fourth-order valence-corrected chi connectivity index (χ4v) is 6.02. The molecule has 1 fully saturated rings. The number of hydrogen-bond donors (Lipinski definition) is 2. The van der Waals surface area contributed by atoms with Crippen molar-refractivity contribution in [3.63, 3.8) is 0 Å². The molecule has 36 heavy (non-hydrogen) atoms. The summed E-state index contributed by atoms with van der Waals surface area (Å²) in [6.07, 6.45) is 2.51. The molecule has 1 aromatic heterocycles. The van der Waals surface area contributed by atoms with Gasteiger partial charge in [-0.05, 0) is 67.8 Å². The average molecular weight is 520 g/mol. The van der Waals surface area contributed by atoms with E-state index in [1.165, 1.54) is 0 Å². The van der Waals surface area contributed by atoms with Crippen molar-refractivity contribution in [2.75, 3.05) is 17.8 Å². The maximum atomic E-state index is 13.1. The van der Waals surface area contributed by atoms with Gasteiger partial charge in [-0.2, -0.15) is 0 Å². The predicted octanol–water partition coefficient (Wildman–Crippen LogP) is 5.46. The SMILES string of the molecule is Cc1ccc(C2(O)CCN(C(=O)c3ccc(NS(=O)c4cccc5cccnc45)cc3)CC2)c(Cl)c1. The molecule has 1 atom stereocenters. The van der Waals surface area contributed by atoms with E-state index in [4.69, 9.17) is 11.6 Å². The van der Waals surface area contributed by atoms with Crippen LogP contribution in [0.3, 0.4) is 0 Å². The van der Waals surface area contributed by atoms with Gasteiger partial charge in [0, 0.05) is 46.5 Å². The lowest BCUT2D eigenvalue weighted by Gasteiger charge is -2.39. The Hall–Kier alpha value is -3.26. The monoisotopic (exact) mass is 519 g/mol. The number of nitrogens with one attached hydrogen (secondary N) is 1. The first kappa shape index (κ1) is 24.4. The number of carbonyl (C=O) groups is 1. The minimum absolute atomic E-state index is 0.0991. The zero-order valence-electron chi connectivity index (χ0n) is 19.8. The third-order valence-electron chi connectivity index (χ3n) is 6.64. The van der Waals surface area contributed by atoms with Crippen LogP contribution in [0.5, 0.6) is 0 Å². The van der Waals surface area contributed by atoms with E-state index in [1.54, 1.807) is 41.4 Å². The number of anilines is 1. The van der Waals surface area contributed by atoms with Crippen molar-refractivity contribution in [1.82, 2.24) is 9.88 Å². The highest BCUT2D eigenvalue weighted by atomic mass is 35.5. The number of carbonyl (C=O) groups excluding carboxylic acids is 1. The molecule has 1 aliphatic heterocycles. The molecule has 0 spiro atoms. The number of hydrogen-bond acceptors (Lipinski definition) is 4. The number of amides is 1. The number of rotatable bonds is 5. The smallest absolute Gasteiger partial charge is 0.253 e. The zero-order valence-corrected chi connectivity index (χ0v) is 21.4. The molecule has 0 radical (unpaired) electrons. The highest BCUT2D eigenvalue weighted by Crippen LogP contribution is 2.37. The molecule has 1 aliphatic rings. The predicted molar refractivity (Wildman–Crippen MR) is 143 cm³/mol. The Morgan fingerprint density at radius 2 is 1.78 bits per heavy atom. The van der Waals surface area contributed by atoms with Crippen LogP contribution in [0.1, 0.15) is 34.3 Å². The summed E-state index contributed by atoms with van der Waals surface area (Å²) >= 11 is 6.39. The van der Waals surface area contributed by atoms with E-state index in [-0.39, 0.29) is 5.91 Å². The van der Waals surface area contributed by atoms with Gasteiger partial charge in [-0.15, -0.1) is 0 Å². The standard InChI is InChI=1S/C28H26ClN3O3S/c1-19-7-12-23(24(29)18-19)28(34)13-16-32(17-14-28)27(33)21-8-10-22(11-9-21)31-36(35)25-6-2-4-20-5-3-15-30-26(20)25/h2-12,15,18,31,34H,13-14,16-17H2,1H3. The minimum Gasteiger partial charge on any atom is -0.385 e. The Morgan fingerprint density at radius 1 is 1.06 bits per heavy atom. The molecular formula is C28H26ClN3O3S. The number of aryl methyl sites for hydroxylation is 1. The van der Waals surface area contributed by atoms with Crippen LogP contribution < -0.4 is 4.72 Å². The first-order valence-electron chi connectivity index (χ1n) is 11.7. The van der Waals surface area contributed by atoms with E-state index in [1.807, 2.05) is 49.4 Å². The van der Waals surface area contributed by atoms with Crippen molar-refractivity contribution in [3.05, 3.63) is 101 Å². The van der Waals surface area contributed by atoms with E-state index in [2.05, 4.69) is 9.71 Å². The van der Waals surface area contributed by atoms with Crippen molar-refractivity contribution in [2.45, 2.75) is 30.3 Å². The number of fused-ring (bicyclic) bond motifs is 1. The van der Waals surface area contributed by atoms with Crippen LogP contribution in [0, 0.1) is 6.92 Å². The fourth-order valence-electron chi connectivity index (χ4n) is 4.60. The third-order valence-corrected chi connectivity index (χ3v) is 8.10. The molecule has 2 N–H and O–H groups in total. The van der Waals surface area contributed by atoms with Crippen LogP contribution in [0.25, 0.3) is 10.9 Å². The summed E-state index contributed by atoms with van der Waals surface area (Å²) < 4.78 is 16.0. The molecule has 4 aromatic rings. The summed E-state index contributed by atoms with van der Waals surface area (Å²) in [6, 6.07) is 22.0. The molecule has 1 saturated heterocycles. The number of halogens is 1. The van der Waals surface area contributed by atoms with Gasteiger partial charge in [0.25, 0.3) is 5.91 Å². The van der Waals surface area contributed by atoms with Gasteiger partial charge in [-0.25, -0.2) is 4.21 Å². The molecule has 1 amide bonds. The van der Waals surface area contributed by atoms with Crippen molar-refractivity contribution >= 4 is 45.1 Å². The molecule has 6 nitrogen and oxygen atoms in total. The minimum atomic E-state index is -1.51. The van der Waals surface area contributed by atoms with Crippen molar-refractivity contribution in [3.8, 4) is 0 Å². The van der Waals surface area contributed by atoms with Gasteiger partial charge in [-0.3, -0.25) is 9.78 Å². The van der Waals surface area contributed by atoms with Gasteiger partial charge in [0.2, 0.25) is 0 Å². The van der Waals surface area contributed by atoms with Gasteiger partial charge in [0.05, 0.1) is 16.0 Å². The number of para-hydroxylation sites is 1. The Balaban J connectivity index is 1.24. The molecule has 0 aliphatic carbocycles. The number of benzene rings is 3. The Labute approximate surface area is 217 Å². The van der Waals surface area contributed by atoms with E-state index in [0.29, 0.717) is 58.2 Å². The van der Waals surface area contributed by atoms with Gasteiger partial charge < -0.3 is 14.7 Å². The van der Waals surface area contributed by atoms with Gasteiger partial charge in [0.15, 0.2) is 11.0 Å². The Bertz CT molecular complexity index is 1450. The maximum Gasteiger partial charge on any atom is 0.253 e. The first-order valence-corrected chi connectivity index (χ1v) is 13.3. The van der Waals surface area contributed by atoms with Crippen LogP contribution in [-0.4, -0.2) is 38.2 Å². The highest BCUT2D eigenvalue weighted by Gasteiger charge is 2.37. The highest BCUT2D eigenvalue weighted by molar-refractivity contribution is 7.86. The zero-order chi connectivity index (χ0) is 25.3. The lowest BCUT2D eigenvalue weighted by Crippen LogP contribution is -2.45. The first-order chi connectivity index (χ1) is 17.3. The molecule has 3 aromatic carbocycles. The van der Waals surface area contributed by atoms with E-state index < -0.39 is 16.6 Å². The van der Waals surface area contributed by atoms with Crippen LogP contribution >= 0.6 is 11.6 Å². The third kappa shape index (κ3) is 4.87. The van der Waals surface area contributed by atoms with Crippen LogP contribution in [0.2, 0.25) is 5.02 Å². The largest absolute Gasteiger partial charge is 0.385 e. The van der Waals surface area contributed by atoms with Gasteiger partial charge in [0.1, 0.15) is 0 Å². The Morgan fingerprint density at radius 3 is 2.50 bits per heavy atom. The molecule has 0 bridgehead atoms. The van der Waals surface area contributed by atoms with Crippen molar-refractivity contribution < 1.29 is 14.1 Å². The lowest BCUT2D eigenvalue weighted by molar-refractivity contribution is -0.0210. The summed E-state index contributed by atoms with van der Waals surface area (Å²) in [6.45, 7) is 2.82. The Kier molecular flexibility index (Phi) is 6.79. The molecular weight excluding hydrogens is 494 g/mol. The molecule has 5 rings (SSSR count). The molecule has 8 heteroatoms. The van der Waals surface area contributed by atoms with E-state index >= 15 is 0 Å². The van der Waals surface area contributed by atoms with Crippen molar-refractivity contribution in [2.24, 2.45) is 0 Å². The van der Waals surface area contributed by atoms with E-state index in [9.17, 15) is 14.1 Å². The summed E-state index contributed by atoms with van der Waals surface area (Å²) in [5.74, 6) is -0.0991. The van der Waals surface area contributed by atoms with Crippen LogP contribution in [0.15, 0.2) is 83.9 Å². The molecule has 1 unspecified atom stereocenters. The molecule has 2 heterocycles. The molecule has 184 valence electrons. The van der Waals surface area contributed by atoms with Gasteiger partial charge in [-0.1, -0.05) is 41.9 Å². The summed E-state index contributed by atoms with van der Waals surface area (Å²) in [5, 5.41) is 12.7. The number of nitrogens with zero attached hydrogens (tertiary/aromatic N) is 2. The number of aliphatic hydroxyl groups is 1. The summed E-state index contributed by atoms with van der Waals surface area (Å²) in [5.41, 5.74) is 2.57. The van der Waals surface area contributed by atoms with E-state index in [0.717, 1.165) is 10.9 Å². The van der Waals surface area contributed by atoms with Crippen molar-refractivity contribution in [1.29, 1.82) is 0 Å².